The molecular formula is C16H32N2O. The first-order valence-electron chi connectivity index (χ1n) is 8.00. The Morgan fingerprint density at radius 1 is 1.37 bits per heavy atom. The molecule has 0 aromatic rings. The Balaban J connectivity index is 2.31. The van der Waals surface area contributed by atoms with E-state index in [9.17, 15) is 0 Å². The predicted molar refractivity (Wildman–Crippen MR) is 82.6 cm³/mol. The van der Waals surface area contributed by atoms with E-state index < -0.39 is 0 Å². The molecule has 0 amide bonds. The molecule has 0 spiro atoms. The summed E-state index contributed by atoms with van der Waals surface area (Å²) in [7, 11) is 0. The van der Waals surface area contributed by atoms with Crippen molar-refractivity contribution in [3.8, 4) is 0 Å². The van der Waals surface area contributed by atoms with Gasteiger partial charge in [0.2, 0.25) is 0 Å². The van der Waals surface area contributed by atoms with E-state index in [0.29, 0.717) is 12.1 Å². The minimum atomic E-state index is 0.369. The molecule has 1 saturated heterocycles. The molecule has 0 aliphatic carbocycles. The maximum atomic E-state index is 5.98. The number of likely N-dealkylation sites (N-methyl/N-ethyl adjacent to an activating group) is 2. The van der Waals surface area contributed by atoms with E-state index in [1.807, 2.05) is 6.08 Å². The highest BCUT2D eigenvalue weighted by Crippen LogP contribution is 2.15. The van der Waals surface area contributed by atoms with Crippen LogP contribution < -0.4 is 5.32 Å². The van der Waals surface area contributed by atoms with Gasteiger partial charge in [-0.2, -0.15) is 0 Å². The van der Waals surface area contributed by atoms with E-state index in [2.05, 4.69) is 30.6 Å². The first-order valence-corrected chi connectivity index (χ1v) is 8.00. The summed E-state index contributed by atoms with van der Waals surface area (Å²) in [5, 5.41) is 3.62. The Labute approximate surface area is 119 Å². The van der Waals surface area contributed by atoms with Gasteiger partial charge in [-0.25, -0.2) is 0 Å². The number of morpholine rings is 1. The highest BCUT2D eigenvalue weighted by Gasteiger charge is 2.26. The fraction of sp³-hybridized carbons (Fsp3) is 0.875. The summed E-state index contributed by atoms with van der Waals surface area (Å²) in [5.74, 6) is 0. The fourth-order valence-corrected chi connectivity index (χ4v) is 2.77. The SMILES string of the molecule is C=CCCCCCC(NCC)C1CN(CC)CCO1. The summed E-state index contributed by atoms with van der Waals surface area (Å²) in [5.41, 5.74) is 0. The number of unbranched alkanes of at least 4 members (excludes halogenated alkanes) is 3. The minimum Gasteiger partial charge on any atom is -0.374 e. The van der Waals surface area contributed by atoms with Crippen LogP contribution in [0.1, 0.15) is 46.0 Å². The Bertz CT molecular complexity index is 233. The van der Waals surface area contributed by atoms with E-state index in [-0.39, 0.29) is 0 Å². The van der Waals surface area contributed by atoms with Gasteiger partial charge in [-0.3, -0.25) is 4.90 Å². The summed E-state index contributed by atoms with van der Waals surface area (Å²) in [6.07, 6.45) is 8.63. The maximum absolute atomic E-state index is 5.98. The zero-order valence-electron chi connectivity index (χ0n) is 12.9. The van der Waals surface area contributed by atoms with Crippen LogP contribution in [0.3, 0.4) is 0 Å². The third-order valence-corrected chi connectivity index (χ3v) is 3.96. The first kappa shape index (κ1) is 16.7. The lowest BCUT2D eigenvalue weighted by Gasteiger charge is -2.37. The second-order valence-corrected chi connectivity index (χ2v) is 5.39. The van der Waals surface area contributed by atoms with Crippen molar-refractivity contribution in [2.45, 2.75) is 58.1 Å². The van der Waals surface area contributed by atoms with Crippen molar-refractivity contribution < 1.29 is 4.74 Å². The standard InChI is InChI=1S/C16H32N2O/c1-4-7-8-9-10-11-15(17-5-2)16-14-18(6-3)12-13-19-16/h4,15-17H,1,5-14H2,2-3H3. The number of allylic oxidation sites excluding steroid dienone is 1. The summed E-state index contributed by atoms with van der Waals surface area (Å²) < 4.78 is 5.98. The van der Waals surface area contributed by atoms with Crippen LogP contribution in [0.4, 0.5) is 0 Å². The second kappa shape index (κ2) is 10.4. The number of ether oxygens (including phenoxy) is 1. The molecule has 1 aliphatic heterocycles. The Kier molecular flexibility index (Phi) is 9.14. The van der Waals surface area contributed by atoms with Crippen LogP contribution in [-0.2, 0) is 4.74 Å². The van der Waals surface area contributed by atoms with Gasteiger partial charge in [0.15, 0.2) is 0 Å². The molecule has 112 valence electrons. The summed E-state index contributed by atoms with van der Waals surface area (Å²) in [6, 6.07) is 0.517. The van der Waals surface area contributed by atoms with Crippen LogP contribution >= 0.6 is 0 Å². The molecule has 2 unspecified atom stereocenters. The molecule has 0 saturated carbocycles. The summed E-state index contributed by atoms with van der Waals surface area (Å²) in [4.78, 5) is 2.50. The lowest BCUT2D eigenvalue weighted by molar-refractivity contribution is -0.0462. The lowest BCUT2D eigenvalue weighted by atomic mass is 10.0. The summed E-state index contributed by atoms with van der Waals surface area (Å²) >= 11 is 0. The van der Waals surface area contributed by atoms with Crippen molar-refractivity contribution >= 4 is 0 Å². The molecule has 19 heavy (non-hydrogen) atoms. The van der Waals surface area contributed by atoms with Gasteiger partial charge in [0.25, 0.3) is 0 Å². The molecule has 0 aromatic carbocycles. The quantitative estimate of drug-likeness (QED) is 0.487. The monoisotopic (exact) mass is 268 g/mol. The smallest absolute Gasteiger partial charge is 0.0855 e. The molecule has 1 rings (SSSR count). The van der Waals surface area contributed by atoms with Crippen molar-refractivity contribution in [2.75, 3.05) is 32.8 Å². The van der Waals surface area contributed by atoms with Gasteiger partial charge in [0.1, 0.15) is 0 Å². The Hall–Kier alpha value is -0.380. The average Bonchev–Trinajstić information content (AvgIpc) is 2.46. The van der Waals surface area contributed by atoms with Gasteiger partial charge in [0.05, 0.1) is 12.7 Å². The topological polar surface area (TPSA) is 24.5 Å². The molecule has 1 heterocycles. The number of hydrogen-bond acceptors (Lipinski definition) is 3. The predicted octanol–water partition coefficient (Wildman–Crippen LogP) is 2.82. The molecule has 1 aliphatic rings. The van der Waals surface area contributed by atoms with E-state index in [0.717, 1.165) is 39.2 Å². The van der Waals surface area contributed by atoms with Crippen LogP contribution in [0, 0.1) is 0 Å². The number of hydrogen-bond donors (Lipinski definition) is 1. The summed E-state index contributed by atoms with van der Waals surface area (Å²) in [6.45, 7) is 13.4. The molecule has 0 radical (unpaired) electrons. The number of nitrogens with zero attached hydrogens (tertiary/aromatic N) is 1. The molecule has 3 heteroatoms. The van der Waals surface area contributed by atoms with E-state index in [4.69, 9.17) is 4.74 Å². The molecule has 2 atom stereocenters. The van der Waals surface area contributed by atoms with Crippen LogP contribution in [0.25, 0.3) is 0 Å². The van der Waals surface area contributed by atoms with Gasteiger partial charge in [-0.1, -0.05) is 32.8 Å². The number of rotatable bonds is 10. The zero-order valence-corrected chi connectivity index (χ0v) is 12.9. The third kappa shape index (κ3) is 6.55. The number of nitrogens with one attached hydrogen (secondary N) is 1. The molecule has 0 bridgehead atoms. The maximum Gasteiger partial charge on any atom is 0.0855 e. The fourth-order valence-electron chi connectivity index (χ4n) is 2.77. The van der Waals surface area contributed by atoms with Crippen LogP contribution in [-0.4, -0.2) is 49.8 Å². The highest BCUT2D eigenvalue weighted by atomic mass is 16.5. The van der Waals surface area contributed by atoms with Gasteiger partial charge in [0, 0.05) is 19.1 Å². The van der Waals surface area contributed by atoms with Crippen molar-refractivity contribution in [1.29, 1.82) is 0 Å². The van der Waals surface area contributed by atoms with Crippen molar-refractivity contribution in [3.63, 3.8) is 0 Å². The Morgan fingerprint density at radius 2 is 2.21 bits per heavy atom. The highest BCUT2D eigenvalue weighted by molar-refractivity contribution is 4.82. The normalized spacial score (nSPS) is 22.3. The third-order valence-electron chi connectivity index (χ3n) is 3.96. The van der Waals surface area contributed by atoms with E-state index in [1.165, 1.54) is 25.7 Å². The van der Waals surface area contributed by atoms with Gasteiger partial charge >= 0.3 is 0 Å². The average molecular weight is 268 g/mol. The lowest BCUT2D eigenvalue weighted by Crippen LogP contribution is -2.52. The van der Waals surface area contributed by atoms with Crippen molar-refractivity contribution in [1.82, 2.24) is 10.2 Å². The Morgan fingerprint density at radius 3 is 2.89 bits per heavy atom. The van der Waals surface area contributed by atoms with Gasteiger partial charge in [-0.05, 0) is 32.4 Å². The molecule has 1 N–H and O–H groups in total. The van der Waals surface area contributed by atoms with E-state index in [1.54, 1.807) is 0 Å². The van der Waals surface area contributed by atoms with Gasteiger partial charge < -0.3 is 10.1 Å². The van der Waals surface area contributed by atoms with Crippen LogP contribution in [0.15, 0.2) is 12.7 Å². The van der Waals surface area contributed by atoms with Crippen LogP contribution in [0.2, 0.25) is 0 Å². The van der Waals surface area contributed by atoms with Crippen molar-refractivity contribution in [3.05, 3.63) is 12.7 Å². The second-order valence-electron chi connectivity index (χ2n) is 5.39. The molecule has 1 fully saturated rings. The minimum absolute atomic E-state index is 0.369. The zero-order chi connectivity index (χ0) is 13.9. The van der Waals surface area contributed by atoms with Crippen LogP contribution in [0.5, 0.6) is 0 Å². The first-order chi connectivity index (χ1) is 9.31. The molecule has 3 nitrogen and oxygen atoms in total. The molecular weight excluding hydrogens is 236 g/mol. The molecule has 0 aromatic heterocycles. The largest absolute Gasteiger partial charge is 0.374 e. The van der Waals surface area contributed by atoms with Gasteiger partial charge in [-0.15, -0.1) is 6.58 Å². The van der Waals surface area contributed by atoms with Crippen molar-refractivity contribution in [2.24, 2.45) is 0 Å². The van der Waals surface area contributed by atoms with E-state index >= 15 is 0 Å².